The van der Waals surface area contributed by atoms with E-state index in [1.54, 1.807) is 0 Å². The van der Waals surface area contributed by atoms with Crippen molar-refractivity contribution in [1.29, 1.82) is 5.26 Å². The van der Waals surface area contributed by atoms with Gasteiger partial charge < -0.3 is 0 Å². The van der Waals surface area contributed by atoms with Gasteiger partial charge in [-0.25, -0.2) is 0 Å². The first-order valence-corrected chi connectivity index (χ1v) is 8.34. The van der Waals surface area contributed by atoms with E-state index in [0.717, 1.165) is 30.6 Å². The zero-order chi connectivity index (χ0) is 13.5. The molecular weight excluding hydrogens is 230 g/mol. The molecule has 0 heterocycles. The summed E-state index contributed by atoms with van der Waals surface area (Å²) in [6.45, 7) is 2.14. The predicted octanol–water partition coefficient (Wildman–Crippen LogP) is 5.48. The molecule has 0 aromatic carbocycles. The summed E-state index contributed by atoms with van der Waals surface area (Å²) in [5, 5.41) is 8.92. The third kappa shape index (κ3) is 4.68. The van der Waals surface area contributed by atoms with Gasteiger partial charge in [-0.2, -0.15) is 5.26 Å². The maximum absolute atomic E-state index is 8.92. The minimum absolute atomic E-state index is 0.368. The lowest BCUT2D eigenvalue weighted by atomic mass is 9.76. The second kappa shape index (κ2) is 7.73. The molecule has 0 atom stereocenters. The van der Waals surface area contributed by atoms with Gasteiger partial charge in [0.25, 0.3) is 0 Å². The minimum atomic E-state index is 0.368. The summed E-state index contributed by atoms with van der Waals surface area (Å²) in [4.78, 5) is 0. The van der Waals surface area contributed by atoms with E-state index in [4.69, 9.17) is 5.26 Å². The number of hydrogen-bond donors (Lipinski definition) is 0. The lowest BCUT2D eigenvalue weighted by Crippen LogP contribution is -2.17. The highest BCUT2D eigenvalue weighted by Crippen LogP contribution is 2.36. The molecule has 19 heavy (non-hydrogen) atoms. The largest absolute Gasteiger partial charge is 0.198 e. The van der Waals surface area contributed by atoms with Gasteiger partial charge in [-0.1, -0.05) is 25.0 Å². The van der Waals surface area contributed by atoms with Crippen LogP contribution >= 0.6 is 0 Å². The van der Waals surface area contributed by atoms with Crippen molar-refractivity contribution in [2.45, 2.75) is 71.1 Å². The number of allylic oxidation sites excluding steroid dienone is 2. The van der Waals surface area contributed by atoms with Crippen LogP contribution in [0, 0.1) is 35.0 Å². The third-order valence-electron chi connectivity index (χ3n) is 5.37. The number of hydrogen-bond acceptors (Lipinski definition) is 1. The molecule has 0 saturated heterocycles. The van der Waals surface area contributed by atoms with E-state index >= 15 is 0 Å². The van der Waals surface area contributed by atoms with Gasteiger partial charge in [0.05, 0.1) is 6.07 Å². The summed E-state index contributed by atoms with van der Waals surface area (Å²) in [6.07, 6.45) is 18.2. The van der Waals surface area contributed by atoms with Crippen molar-refractivity contribution in [3.8, 4) is 6.07 Å². The van der Waals surface area contributed by atoms with Crippen LogP contribution in [0.5, 0.6) is 0 Å². The highest BCUT2D eigenvalue weighted by molar-refractivity contribution is 4.89. The van der Waals surface area contributed by atoms with E-state index in [1.165, 1.54) is 51.4 Å². The first kappa shape index (κ1) is 14.6. The lowest BCUT2D eigenvalue weighted by Gasteiger charge is -2.30. The Morgan fingerprint density at radius 2 is 1.42 bits per heavy atom. The molecular formula is C18H29N. The van der Waals surface area contributed by atoms with E-state index in [0.29, 0.717) is 5.92 Å². The summed E-state index contributed by atoms with van der Waals surface area (Å²) in [7, 11) is 0. The minimum Gasteiger partial charge on any atom is -0.198 e. The second-order valence-electron chi connectivity index (χ2n) is 6.73. The molecule has 0 amide bonds. The van der Waals surface area contributed by atoms with E-state index < -0.39 is 0 Å². The van der Waals surface area contributed by atoms with Gasteiger partial charge >= 0.3 is 0 Å². The van der Waals surface area contributed by atoms with Crippen LogP contribution < -0.4 is 0 Å². The van der Waals surface area contributed by atoms with Crippen molar-refractivity contribution in [3.05, 3.63) is 12.2 Å². The van der Waals surface area contributed by atoms with E-state index in [2.05, 4.69) is 25.1 Å². The number of nitriles is 1. The van der Waals surface area contributed by atoms with Crippen LogP contribution in [0.4, 0.5) is 0 Å². The van der Waals surface area contributed by atoms with Crippen LogP contribution in [0.2, 0.25) is 0 Å². The van der Waals surface area contributed by atoms with E-state index in [-0.39, 0.29) is 0 Å². The van der Waals surface area contributed by atoms with Gasteiger partial charge in [0.2, 0.25) is 0 Å². The SMILES string of the molecule is C/C=C/C1CCC(CCC2CCC(C#N)CC2)CC1. The Morgan fingerprint density at radius 3 is 1.89 bits per heavy atom. The molecule has 0 bridgehead atoms. The lowest BCUT2D eigenvalue weighted by molar-refractivity contribution is 0.242. The smallest absolute Gasteiger partial charge is 0.0655 e. The van der Waals surface area contributed by atoms with Crippen molar-refractivity contribution in [2.75, 3.05) is 0 Å². The Labute approximate surface area is 119 Å². The highest BCUT2D eigenvalue weighted by Gasteiger charge is 2.23. The number of rotatable bonds is 4. The Kier molecular flexibility index (Phi) is 5.95. The molecule has 2 saturated carbocycles. The molecule has 2 fully saturated rings. The van der Waals surface area contributed by atoms with Crippen molar-refractivity contribution in [2.24, 2.45) is 23.7 Å². The van der Waals surface area contributed by atoms with Gasteiger partial charge in [-0.3, -0.25) is 0 Å². The average Bonchev–Trinajstić information content (AvgIpc) is 2.47. The molecule has 0 unspecified atom stereocenters. The molecule has 0 aliphatic heterocycles. The first-order valence-electron chi connectivity index (χ1n) is 8.34. The summed E-state index contributed by atoms with van der Waals surface area (Å²) >= 11 is 0. The molecule has 0 spiro atoms. The van der Waals surface area contributed by atoms with E-state index in [9.17, 15) is 0 Å². The first-order chi connectivity index (χ1) is 9.31. The zero-order valence-corrected chi connectivity index (χ0v) is 12.5. The van der Waals surface area contributed by atoms with Crippen LogP contribution in [0.25, 0.3) is 0 Å². The zero-order valence-electron chi connectivity index (χ0n) is 12.5. The fraction of sp³-hybridized carbons (Fsp3) is 0.833. The third-order valence-corrected chi connectivity index (χ3v) is 5.37. The molecule has 2 rings (SSSR count). The summed E-state index contributed by atoms with van der Waals surface area (Å²) in [6, 6.07) is 2.44. The molecule has 0 aromatic rings. The Morgan fingerprint density at radius 1 is 0.895 bits per heavy atom. The normalized spacial score (nSPS) is 36.2. The molecule has 1 heteroatoms. The quantitative estimate of drug-likeness (QED) is 0.613. The topological polar surface area (TPSA) is 23.8 Å². The summed E-state index contributed by atoms with van der Waals surface area (Å²) < 4.78 is 0. The Hall–Kier alpha value is -0.770. The van der Waals surface area contributed by atoms with Gasteiger partial charge in [0.15, 0.2) is 0 Å². The number of nitrogens with zero attached hydrogens (tertiary/aromatic N) is 1. The summed E-state index contributed by atoms with van der Waals surface area (Å²) in [5.41, 5.74) is 0. The van der Waals surface area contributed by atoms with Crippen LogP contribution in [0.3, 0.4) is 0 Å². The van der Waals surface area contributed by atoms with Gasteiger partial charge in [0.1, 0.15) is 0 Å². The maximum Gasteiger partial charge on any atom is 0.0655 e. The van der Waals surface area contributed by atoms with Gasteiger partial charge in [-0.05, 0) is 76.0 Å². The van der Waals surface area contributed by atoms with Gasteiger partial charge in [-0.15, -0.1) is 0 Å². The maximum atomic E-state index is 8.92. The van der Waals surface area contributed by atoms with Crippen molar-refractivity contribution < 1.29 is 0 Å². The fourth-order valence-electron chi connectivity index (χ4n) is 3.99. The van der Waals surface area contributed by atoms with Crippen LogP contribution in [-0.4, -0.2) is 0 Å². The molecule has 106 valence electrons. The van der Waals surface area contributed by atoms with Crippen LogP contribution in [0.1, 0.15) is 71.1 Å². The fourth-order valence-corrected chi connectivity index (χ4v) is 3.99. The van der Waals surface area contributed by atoms with Gasteiger partial charge in [0, 0.05) is 5.92 Å². The Bertz CT molecular complexity index is 309. The molecule has 0 radical (unpaired) electrons. The monoisotopic (exact) mass is 259 g/mol. The molecule has 0 aromatic heterocycles. The van der Waals surface area contributed by atoms with Crippen molar-refractivity contribution in [1.82, 2.24) is 0 Å². The Balaban J connectivity index is 1.61. The van der Waals surface area contributed by atoms with Crippen molar-refractivity contribution in [3.63, 3.8) is 0 Å². The molecule has 2 aliphatic carbocycles. The van der Waals surface area contributed by atoms with Crippen LogP contribution in [-0.2, 0) is 0 Å². The van der Waals surface area contributed by atoms with Crippen LogP contribution in [0.15, 0.2) is 12.2 Å². The van der Waals surface area contributed by atoms with Crippen molar-refractivity contribution >= 4 is 0 Å². The second-order valence-corrected chi connectivity index (χ2v) is 6.73. The molecule has 2 aliphatic rings. The predicted molar refractivity (Wildman–Crippen MR) is 80.6 cm³/mol. The summed E-state index contributed by atoms with van der Waals surface area (Å²) in [5.74, 6) is 3.16. The highest BCUT2D eigenvalue weighted by atomic mass is 14.3. The average molecular weight is 259 g/mol. The standard InChI is InChI=1S/C18H29N/c1-2-3-15-4-6-16(7-5-15)8-9-17-10-12-18(14-19)13-11-17/h2-3,15-18H,4-13H2,1H3/b3-2+. The molecule has 0 N–H and O–H groups in total. The van der Waals surface area contributed by atoms with E-state index in [1.807, 2.05) is 0 Å². The molecule has 1 nitrogen and oxygen atoms in total.